The number of carboxylic acids is 1. The quantitative estimate of drug-likeness (QED) is 0.803. The number of aromatic carboxylic acids is 1. The average Bonchev–Trinajstić information content (AvgIpc) is 2.49. The number of benzene rings is 2. The van der Waals surface area contributed by atoms with E-state index in [0.717, 1.165) is 16.8 Å². The first kappa shape index (κ1) is 13.6. The molecule has 0 aliphatic carbocycles. The second kappa shape index (κ2) is 6.38. The number of carbonyl (C=O) groups is 1. The summed E-state index contributed by atoms with van der Waals surface area (Å²) in [6.07, 6.45) is 3.57. The van der Waals surface area contributed by atoms with E-state index in [9.17, 15) is 4.79 Å². The fourth-order valence-corrected chi connectivity index (χ4v) is 1.76. The van der Waals surface area contributed by atoms with Crippen molar-refractivity contribution in [2.24, 2.45) is 0 Å². The van der Waals surface area contributed by atoms with Crippen molar-refractivity contribution < 1.29 is 9.90 Å². The Labute approximate surface area is 117 Å². The highest BCUT2D eigenvalue weighted by atomic mass is 16.4. The van der Waals surface area contributed by atoms with Crippen molar-refractivity contribution in [2.45, 2.75) is 0 Å². The smallest absolute Gasteiger partial charge is 0.335 e. The standard InChI is InChI=1S/C17H15NO2/c1-2-13(12-18-16-6-4-3-5-7-16)14-8-10-15(11-9-14)17(19)20/h2-12,18H,1H2,(H,19,20)/b13-12-. The van der Waals surface area contributed by atoms with Gasteiger partial charge in [-0.1, -0.05) is 43.0 Å². The van der Waals surface area contributed by atoms with E-state index in [0.29, 0.717) is 0 Å². The van der Waals surface area contributed by atoms with Crippen molar-refractivity contribution in [1.29, 1.82) is 0 Å². The lowest BCUT2D eigenvalue weighted by Crippen LogP contribution is -1.96. The lowest BCUT2D eigenvalue weighted by molar-refractivity contribution is 0.0697. The predicted octanol–water partition coefficient (Wildman–Crippen LogP) is 4.02. The molecule has 3 nitrogen and oxygen atoms in total. The van der Waals surface area contributed by atoms with E-state index >= 15 is 0 Å². The summed E-state index contributed by atoms with van der Waals surface area (Å²) >= 11 is 0. The van der Waals surface area contributed by atoms with Crippen LogP contribution in [0, 0.1) is 0 Å². The van der Waals surface area contributed by atoms with Gasteiger partial charge in [-0.3, -0.25) is 0 Å². The summed E-state index contributed by atoms with van der Waals surface area (Å²) < 4.78 is 0. The van der Waals surface area contributed by atoms with Gasteiger partial charge in [0, 0.05) is 11.9 Å². The predicted molar refractivity (Wildman–Crippen MR) is 81.6 cm³/mol. The van der Waals surface area contributed by atoms with E-state index in [1.165, 1.54) is 0 Å². The summed E-state index contributed by atoms with van der Waals surface area (Å²) in [7, 11) is 0. The molecule has 0 unspecified atom stereocenters. The third-order valence-corrected chi connectivity index (χ3v) is 2.85. The summed E-state index contributed by atoms with van der Waals surface area (Å²) in [6, 6.07) is 16.5. The number of anilines is 1. The number of rotatable bonds is 5. The second-order valence-electron chi connectivity index (χ2n) is 4.20. The van der Waals surface area contributed by atoms with Crippen molar-refractivity contribution in [3.63, 3.8) is 0 Å². The fraction of sp³-hybridized carbons (Fsp3) is 0. The maximum Gasteiger partial charge on any atom is 0.335 e. The van der Waals surface area contributed by atoms with Gasteiger partial charge in [-0.05, 0) is 35.4 Å². The SMILES string of the molecule is C=C/C(=C/Nc1ccccc1)c1ccc(C(=O)O)cc1. The molecule has 2 N–H and O–H groups in total. The van der Waals surface area contributed by atoms with Gasteiger partial charge in [-0.15, -0.1) is 0 Å². The maximum absolute atomic E-state index is 10.8. The lowest BCUT2D eigenvalue weighted by Gasteiger charge is -2.05. The van der Waals surface area contributed by atoms with Gasteiger partial charge in [0.15, 0.2) is 0 Å². The minimum atomic E-state index is -0.928. The molecule has 0 heterocycles. The van der Waals surface area contributed by atoms with Gasteiger partial charge in [-0.25, -0.2) is 4.79 Å². The molecular formula is C17H15NO2. The van der Waals surface area contributed by atoms with E-state index in [1.54, 1.807) is 30.3 Å². The molecule has 0 saturated heterocycles. The van der Waals surface area contributed by atoms with Crippen LogP contribution in [-0.2, 0) is 0 Å². The molecule has 2 rings (SSSR count). The highest BCUT2D eigenvalue weighted by Gasteiger charge is 2.03. The summed E-state index contributed by atoms with van der Waals surface area (Å²) in [5.74, 6) is -0.928. The molecule has 20 heavy (non-hydrogen) atoms. The summed E-state index contributed by atoms with van der Waals surface area (Å²) in [5.41, 5.74) is 3.06. The fourth-order valence-electron chi connectivity index (χ4n) is 1.76. The zero-order chi connectivity index (χ0) is 14.4. The van der Waals surface area contributed by atoms with Crippen LogP contribution in [0.1, 0.15) is 15.9 Å². The Morgan fingerprint density at radius 3 is 2.15 bits per heavy atom. The highest BCUT2D eigenvalue weighted by Crippen LogP contribution is 2.17. The van der Waals surface area contributed by atoms with Crippen molar-refractivity contribution in [2.75, 3.05) is 5.32 Å². The first-order valence-electron chi connectivity index (χ1n) is 6.18. The molecular weight excluding hydrogens is 250 g/mol. The van der Waals surface area contributed by atoms with Crippen LogP contribution in [0.15, 0.2) is 73.5 Å². The zero-order valence-electron chi connectivity index (χ0n) is 10.9. The summed E-state index contributed by atoms with van der Waals surface area (Å²) in [5, 5.41) is 12.1. The topological polar surface area (TPSA) is 49.3 Å². The Balaban J connectivity index is 2.19. The minimum Gasteiger partial charge on any atom is -0.478 e. The monoisotopic (exact) mass is 265 g/mol. The van der Waals surface area contributed by atoms with Crippen LogP contribution in [-0.4, -0.2) is 11.1 Å². The van der Waals surface area contributed by atoms with E-state index < -0.39 is 5.97 Å². The van der Waals surface area contributed by atoms with Crippen LogP contribution in [0.4, 0.5) is 5.69 Å². The molecule has 0 radical (unpaired) electrons. The molecule has 2 aromatic carbocycles. The van der Waals surface area contributed by atoms with Crippen molar-refractivity contribution in [3.8, 4) is 0 Å². The van der Waals surface area contributed by atoms with Gasteiger partial charge >= 0.3 is 5.97 Å². The van der Waals surface area contributed by atoms with E-state index in [4.69, 9.17) is 5.11 Å². The van der Waals surface area contributed by atoms with Gasteiger partial charge in [0.25, 0.3) is 0 Å². The molecule has 0 atom stereocenters. The Hall–Kier alpha value is -2.81. The highest BCUT2D eigenvalue weighted by molar-refractivity contribution is 5.88. The lowest BCUT2D eigenvalue weighted by atomic mass is 10.0. The van der Waals surface area contributed by atoms with Crippen LogP contribution < -0.4 is 5.32 Å². The molecule has 0 aliphatic heterocycles. The Morgan fingerprint density at radius 2 is 1.60 bits per heavy atom. The van der Waals surface area contributed by atoms with Crippen LogP contribution >= 0.6 is 0 Å². The van der Waals surface area contributed by atoms with Crippen molar-refractivity contribution in [3.05, 3.63) is 84.6 Å². The van der Waals surface area contributed by atoms with Gasteiger partial charge in [0.05, 0.1) is 5.56 Å². The Bertz CT molecular complexity index is 628. The third kappa shape index (κ3) is 3.36. The largest absolute Gasteiger partial charge is 0.478 e. The van der Waals surface area contributed by atoms with Crippen LogP contribution in [0.3, 0.4) is 0 Å². The second-order valence-corrected chi connectivity index (χ2v) is 4.20. The molecule has 3 heteroatoms. The number of nitrogens with one attached hydrogen (secondary N) is 1. The molecule has 0 amide bonds. The number of hydrogen-bond acceptors (Lipinski definition) is 2. The van der Waals surface area contributed by atoms with E-state index in [2.05, 4.69) is 11.9 Å². The third-order valence-electron chi connectivity index (χ3n) is 2.85. The average molecular weight is 265 g/mol. The van der Waals surface area contributed by atoms with Crippen molar-refractivity contribution >= 4 is 17.2 Å². The number of para-hydroxylation sites is 1. The first-order valence-corrected chi connectivity index (χ1v) is 6.18. The molecule has 0 spiro atoms. The van der Waals surface area contributed by atoms with Gasteiger partial charge in [0.1, 0.15) is 0 Å². The molecule has 0 bridgehead atoms. The van der Waals surface area contributed by atoms with Gasteiger partial charge < -0.3 is 10.4 Å². The van der Waals surface area contributed by atoms with E-state index in [1.807, 2.05) is 36.5 Å². The minimum absolute atomic E-state index is 0.271. The molecule has 0 aromatic heterocycles. The molecule has 2 aromatic rings. The van der Waals surface area contributed by atoms with Crippen LogP contribution in [0.25, 0.3) is 5.57 Å². The maximum atomic E-state index is 10.8. The van der Waals surface area contributed by atoms with Gasteiger partial charge in [0.2, 0.25) is 0 Å². The molecule has 100 valence electrons. The summed E-state index contributed by atoms with van der Waals surface area (Å²) in [4.78, 5) is 10.8. The van der Waals surface area contributed by atoms with Crippen LogP contribution in [0.5, 0.6) is 0 Å². The Kier molecular flexibility index (Phi) is 4.35. The first-order chi connectivity index (χ1) is 9.70. The van der Waals surface area contributed by atoms with Crippen molar-refractivity contribution in [1.82, 2.24) is 0 Å². The Morgan fingerprint density at radius 1 is 1.00 bits per heavy atom. The summed E-state index contributed by atoms with van der Waals surface area (Å²) in [6.45, 7) is 3.78. The number of carboxylic acid groups (broad SMARTS) is 1. The molecule has 0 saturated carbocycles. The molecule has 0 aliphatic rings. The molecule has 0 fully saturated rings. The normalized spacial score (nSPS) is 10.9. The zero-order valence-corrected chi connectivity index (χ0v) is 10.9. The number of hydrogen-bond donors (Lipinski definition) is 2. The van der Waals surface area contributed by atoms with Gasteiger partial charge in [-0.2, -0.15) is 0 Å². The van der Waals surface area contributed by atoms with Crippen LogP contribution in [0.2, 0.25) is 0 Å². The van der Waals surface area contributed by atoms with E-state index in [-0.39, 0.29) is 5.56 Å². The number of allylic oxidation sites excluding steroid dienone is 2.